The molecule has 1 nitrogen and oxygen atoms in total. The highest BCUT2D eigenvalue weighted by Gasteiger charge is 2.60. The second kappa shape index (κ2) is 6.13. The van der Waals surface area contributed by atoms with Crippen molar-refractivity contribution >= 4 is 6.29 Å². The Hall–Kier alpha value is -0.330. The van der Waals surface area contributed by atoms with Crippen molar-refractivity contribution in [2.24, 2.45) is 46.3 Å². The van der Waals surface area contributed by atoms with Crippen LogP contribution in [-0.4, -0.2) is 6.29 Å². The number of rotatable bonds is 3. The SMILES string of the molecule is CC[C@H]1CC2C3CCC(CC=O)C3(C)CC[C@@H]2C2(C)CCCCC12. The van der Waals surface area contributed by atoms with Gasteiger partial charge >= 0.3 is 0 Å². The van der Waals surface area contributed by atoms with Gasteiger partial charge in [0.25, 0.3) is 0 Å². The van der Waals surface area contributed by atoms with Crippen LogP contribution in [0.25, 0.3) is 0 Å². The average molecular weight is 331 g/mol. The standard InChI is InChI=1S/C23H38O/c1-4-16-15-18-20-9-8-17(11-14-24)22(20,2)13-10-21(18)23(3)12-6-5-7-19(16)23/h14,16-21H,4-13,15H2,1-3H3/t16-,17?,18?,19?,20?,21-,22?,23?/m0/s1. The lowest BCUT2D eigenvalue weighted by Gasteiger charge is -2.62. The summed E-state index contributed by atoms with van der Waals surface area (Å²) in [7, 11) is 0. The highest BCUT2D eigenvalue weighted by molar-refractivity contribution is 5.50. The molecule has 0 aromatic heterocycles. The molecule has 0 spiro atoms. The van der Waals surface area contributed by atoms with E-state index in [0.717, 1.165) is 36.0 Å². The van der Waals surface area contributed by atoms with Crippen molar-refractivity contribution in [1.82, 2.24) is 0 Å². The average Bonchev–Trinajstić information content (AvgIpc) is 2.91. The molecule has 0 amide bonds. The molecule has 4 aliphatic rings. The van der Waals surface area contributed by atoms with Gasteiger partial charge < -0.3 is 4.79 Å². The van der Waals surface area contributed by atoms with Crippen LogP contribution in [0.4, 0.5) is 0 Å². The van der Waals surface area contributed by atoms with Crippen LogP contribution in [0.5, 0.6) is 0 Å². The van der Waals surface area contributed by atoms with Crippen molar-refractivity contribution in [2.45, 2.75) is 91.4 Å². The molecule has 4 fully saturated rings. The Morgan fingerprint density at radius 1 is 0.917 bits per heavy atom. The molecule has 0 aromatic carbocycles. The number of aldehydes is 1. The molecule has 1 heteroatoms. The van der Waals surface area contributed by atoms with E-state index in [0.29, 0.717) is 16.7 Å². The van der Waals surface area contributed by atoms with Gasteiger partial charge in [-0.05, 0) is 91.3 Å². The maximum absolute atomic E-state index is 11.2. The lowest BCUT2D eigenvalue weighted by Crippen LogP contribution is -2.55. The van der Waals surface area contributed by atoms with E-state index < -0.39 is 0 Å². The minimum atomic E-state index is 0.470. The van der Waals surface area contributed by atoms with E-state index >= 15 is 0 Å². The summed E-state index contributed by atoms with van der Waals surface area (Å²) < 4.78 is 0. The molecule has 4 saturated carbocycles. The van der Waals surface area contributed by atoms with Crippen LogP contribution < -0.4 is 0 Å². The van der Waals surface area contributed by atoms with E-state index in [1.165, 1.54) is 70.5 Å². The lowest BCUT2D eigenvalue weighted by molar-refractivity contribution is -0.136. The Bertz CT molecular complexity index is 484. The monoisotopic (exact) mass is 330 g/mol. The zero-order valence-corrected chi connectivity index (χ0v) is 16.2. The van der Waals surface area contributed by atoms with Gasteiger partial charge in [-0.3, -0.25) is 0 Å². The van der Waals surface area contributed by atoms with E-state index in [9.17, 15) is 4.79 Å². The predicted octanol–water partition coefficient (Wildman–Crippen LogP) is 6.26. The van der Waals surface area contributed by atoms with Gasteiger partial charge in [-0.25, -0.2) is 0 Å². The van der Waals surface area contributed by atoms with Crippen LogP contribution in [0.1, 0.15) is 91.4 Å². The molecule has 0 bridgehead atoms. The summed E-state index contributed by atoms with van der Waals surface area (Å²) in [5, 5.41) is 0. The largest absolute Gasteiger partial charge is 0.303 e. The summed E-state index contributed by atoms with van der Waals surface area (Å²) in [4.78, 5) is 11.2. The Balaban J connectivity index is 1.65. The molecule has 136 valence electrons. The van der Waals surface area contributed by atoms with Crippen LogP contribution >= 0.6 is 0 Å². The number of fused-ring (bicyclic) bond motifs is 5. The third-order valence-corrected chi connectivity index (χ3v) is 9.86. The summed E-state index contributed by atoms with van der Waals surface area (Å²) in [5.74, 6) is 5.52. The Morgan fingerprint density at radius 2 is 1.71 bits per heavy atom. The predicted molar refractivity (Wildman–Crippen MR) is 99.7 cm³/mol. The quantitative estimate of drug-likeness (QED) is 0.558. The van der Waals surface area contributed by atoms with Crippen molar-refractivity contribution in [3.05, 3.63) is 0 Å². The molecule has 4 aliphatic carbocycles. The molecule has 0 radical (unpaired) electrons. The number of hydrogen-bond donors (Lipinski definition) is 0. The van der Waals surface area contributed by atoms with Crippen LogP contribution in [0.3, 0.4) is 0 Å². The molecule has 0 N–H and O–H groups in total. The minimum Gasteiger partial charge on any atom is -0.303 e. The highest BCUT2D eigenvalue weighted by atomic mass is 16.1. The molecule has 0 heterocycles. The van der Waals surface area contributed by atoms with Crippen molar-refractivity contribution in [3.63, 3.8) is 0 Å². The van der Waals surface area contributed by atoms with E-state index in [2.05, 4.69) is 20.8 Å². The molecule has 24 heavy (non-hydrogen) atoms. The van der Waals surface area contributed by atoms with Gasteiger partial charge in [0.15, 0.2) is 0 Å². The second-order valence-electron chi connectivity index (χ2n) is 10.4. The topological polar surface area (TPSA) is 17.1 Å². The molecule has 8 atom stereocenters. The van der Waals surface area contributed by atoms with Gasteiger partial charge in [-0.2, -0.15) is 0 Å². The van der Waals surface area contributed by atoms with Crippen LogP contribution in [0.2, 0.25) is 0 Å². The third kappa shape index (κ3) is 2.28. The van der Waals surface area contributed by atoms with Crippen LogP contribution in [0, 0.1) is 46.3 Å². The summed E-state index contributed by atoms with van der Waals surface area (Å²) in [6, 6.07) is 0. The van der Waals surface area contributed by atoms with Crippen LogP contribution in [-0.2, 0) is 4.79 Å². The number of hydrogen-bond acceptors (Lipinski definition) is 1. The Kier molecular flexibility index (Phi) is 4.37. The summed E-state index contributed by atoms with van der Waals surface area (Å²) in [6.07, 6.45) is 16.5. The van der Waals surface area contributed by atoms with E-state index in [-0.39, 0.29) is 0 Å². The normalized spacial score (nSPS) is 53.8. The summed E-state index contributed by atoms with van der Waals surface area (Å²) >= 11 is 0. The van der Waals surface area contributed by atoms with E-state index in [1.54, 1.807) is 0 Å². The first-order chi connectivity index (χ1) is 11.5. The van der Waals surface area contributed by atoms with Crippen molar-refractivity contribution in [2.75, 3.05) is 0 Å². The maximum Gasteiger partial charge on any atom is 0.120 e. The number of carbonyl (C=O) groups is 1. The zero-order valence-electron chi connectivity index (χ0n) is 16.2. The first-order valence-corrected chi connectivity index (χ1v) is 11.0. The Morgan fingerprint density at radius 3 is 2.46 bits per heavy atom. The zero-order chi connectivity index (χ0) is 16.9. The van der Waals surface area contributed by atoms with Gasteiger partial charge in [0.1, 0.15) is 6.29 Å². The van der Waals surface area contributed by atoms with Crippen molar-refractivity contribution < 1.29 is 4.79 Å². The second-order valence-corrected chi connectivity index (χ2v) is 10.4. The molecule has 0 saturated heterocycles. The molecular formula is C23H38O. The molecule has 4 rings (SSSR count). The maximum atomic E-state index is 11.2. The van der Waals surface area contributed by atoms with Gasteiger partial charge in [0.2, 0.25) is 0 Å². The van der Waals surface area contributed by atoms with Crippen LogP contribution in [0.15, 0.2) is 0 Å². The first kappa shape index (κ1) is 17.1. The van der Waals surface area contributed by atoms with Gasteiger partial charge in [0.05, 0.1) is 0 Å². The fourth-order valence-electron chi connectivity index (χ4n) is 8.63. The third-order valence-electron chi connectivity index (χ3n) is 9.86. The first-order valence-electron chi connectivity index (χ1n) is 11.0. The molecule has 0 aromatic rings. The van der Waals surface area contributed by atoms with Gasteiger partial charge in [0, 0.05) is 6.42 Å². The number of carbonyl (C=O) groups excluding carboxylic acids is 1. The smallest absolute Gasteiger partial charge is 0.120 e. The van der Waals surface area contributed by atoms with Gasteiger partial charge in [-0.15, -0.1) is 0 Å². The molecule has 6 unspecified atom stereocenters. The Labute approximate surface area is 149 Å². The van der Waals surface area contributed by atoms with Crippen molar-refractivity contribution in [3.8, 4) is 0 Å². The highest BCUT2D eigenvalue weighted by Crippen LogP contribution is 2.68. The minimum absolute atomic E-state index is 0.470. The summed E-state index contributed by atoms with van der Waals surface area (Å²) in [6.45, 7) is 7.70. The fraction of sp³-hybridized carbons (Fsp3) is 0.957. The molecular weight excluding hydrogens is 292 g/mol. The fourth-order valence-corrected chi connectivity index (χ4v) is 8.63. The lowest BCUT2D eigenvalue weighted by atomic mass is 9.42. The molecule has 0 aliphatic heterocycles. The van der Waals surface area contributed by atoms with Crippen molar-refractivity contribution in [1.29, 1.82) is 0 Å². The van der Waals surface area contributed by atoms with Gasteiger partial charge in [-0.1, -0.05) is 40.0 Å². The van der Waals surface area contributed by atoms with E-state index in [4.69, 9.17) is 0 Å². The summed E-state index contributed by atoms with van der Waals surface area (Å²) in [5.41, 5.74) is 1.10. The van der Waals surface area contributed by atoms with E-state index in [1.807, 2.05) is 0 Å².